The van der Waals surface area contributed by atoms with Gasteiger partial charge in [-0.05, 0) is 52.3 Å². The molecule has 0 amide bonds. The maximum Gasteiger partial charge on any atom is 0.147 e. The van der Waals surface area contributed by atoms with E-state index < -0.39 is 0 Å². The number of rotatable bonds is 3. The van der Waals surface area contributed by atoms with Crippen LogP contribution in [0.4, 0.5) is 5.82 Å². The maximum absolute atomic E-state index is 5.21. The van der Waals surface area contributed by atoms with Gasteiger partial charge in [-0.3, -0.25) is 4.40 Å². The van der Waals surface area contributed by atoms with Crippen LogP contribution in [0.5, 0.6) is 5.75 Å². The van der Waals surface area contributed by atoms with Gasteiger partial charge in [0.2, 0.25) is 0 Å². The van der Waals surface area contributed by atoms with E-state index in [-0.39, 0.29) is 0 Å². The van der Waals surface area contributed by atoms with E-state index in [1.54, 1.807) is 7.11 Å². The van der Waals surface area contributed by atoms with Crippen molar-refractivity contribution in [1.29, 1.82) is 0 Å². The number of anilines is 1. The van der Waals surface area contributed by atoms with Crippen LogP contribution in [0.1, 0.15) is 0 Å². The molecule has 0 N–H and O–H groups in total. The number of benzene rings is 1. The SMILES string of the molecule is COc1ccc(-c2nc(Br)c3cccc(N(C)C)n23)cc1. The highest BCUT2D eigenvalue weighted by Crippen LogP contribution is 2.30. The summed E-state index contributed by atoms with van der Waals surface area (Å²) in [5.74, 6) is 2.83. The normalized spacial score (nSPS) is 10.9. The lowest BCUT2D eigenvalue weighted by Gasteiger charge is -2.16. The first kappa shape index (κ1) is 13.9. The van der Waals surface area contributed by atoms with Crippen LogP contribution in [-0.4, -0.2) is 30.6 Å². The topological polar surface area (TPSA) is 29.8 Å². The van der Waals surface area contributed by atoms with E-state index in [0.717, 1.165) is 33.1 Å². The second kappa shape index (κ2) is 5.41. The predicted molar refractivity (Wildman–Crippen MR) is 89.2 cm³/mol. The lowest BCUT2D eigenvalue weighted by Crippen LogP contribution is -2.13. The summed E-state index contributed by atoms with van der Waals surface area (Å²) in [4.78, 5) is 6.75. The molecule has 0 unspecified atom stereocenters. The number of hydrogen-bond donors (Lipinski definition) is 0. The van der Waals surface area contributed by atoms with Crippen LogP contribution >= 0.6 is 15.9 Å². The van der Waals surface area contributed by atoms with Crippen molar-refractivity contribution >= 4 is 27.3 Å². The molecular formula is C16H16BrN3O. The molecule has 0 atom stereocenters. The molecule has 0 spiro atoms. The number of pyridine rings is 1. The second-order valence-corrected chi connectivity index (χ2v) is 5.70. The van der Waals surface area contributed by atoms with Gasteiger partial charge in [0.25, 0.3) is 0 Å². The minimum atomic E-state index is 0.839. The number of nitrogens with zero attached hydrogens (tertiary/aromatic N) is 3. The van der Waals surface area contributed by atoms with Gasteiger partial charge in [-0.1, -0.05) is 6.07 Å². The summed E-state index contributed by atoms with van der Waals surface area (Å²) >= 11 is 3.55. The minimum absolute atomic E-state index is 0.839. The third-order valence-electron chi connectivity index (χ3n) is 3.40. The molecule has 3 rings (SSSR count). The van der Waals surface area contributed by atoms with Gasteiger partial charge in [0.05, 0.1) is 12.6 Å². The molecule has 2 aromatic heterocycles. The van der Waals surface area contributed by atoms with Gasteiger partial charge in [0.1, 0.15) is 22.0 Å². The van der Waals surface area contributed by atoms with E-state index in [2.05, 4.69) is 42.3 Å². The molecule has 0 bridgehead atoms. The van der Waals surface area contributed by atoms with Crippen molar-refractivity contribution < 1.29 is 4.74 Å². The smallest absolute Gasteiger partial charge is 0.147 e. The number of ether oxygens (including phenoxy) is 1. The molecule has 2 heterocycles. The molecule has 21 heavy (non-hydrogen) atoms. The van der Waals surface area contributed by atoms with E-state index in [0.29, 0.717) is 0 Å². The average Bonchev–Trinajstić information content (AvgIpc) is 2.84. The van der Waals surface area contributed by atoms with E-state index in [1.807, 2.05) is 44.4 Å². The molecule has 0 saturated carbocycles. The van der Waals surface area contributed by atoms with E-state index in [9.17, 15) is 0 Å². The molecule has 1 aromatic carbocycles. The summed E-state index contributed by atoms with van der Waals surface area (Å²) in [6.45, 7) is 0. The first-order valence-corrected chi connectivity index (χ1v) is 7.40. The predicted octanol–water partition coefficient (Wildman–Crippen LogP) is 3.84. The Morgan fingerprint density at radius 3 is 2.43 bits per heavy atom. The number of halogens is 1. The average molecular weight is 346 g/mol. The fraction of sp³-hybridized carbons (Fsp3) is 0.188. The summed E-state index contributed by atoms with van der Waals surface area (Å²) < 4.78 is 8.20. The Kier molecular flexibility index (Phi) is 3.59. The Labute approximate surface area is 132 Å². The summed E-state index contributed by atoms with van der Waals surface area (Å²) in [6.07, 6.45) is 0. The fourth-order valence-corrected chi connectivity index (χ4v) is 2.84. The van der Waals surface area contributed by atoms with E-state index in [1.165, 1.54) is 0 Å². The van der Waals surface area contributed by atoms with Crippen molar-refractivity contribution in [2.24, 2.45) is 0 Å². The summed E-state index contributed by atoms with van der Waals surface area (Å²) in [5.41, 5.74) is 2.10. The molecule has 0 aliphatic heterocycles. The summed E-state index contributed by atoms with van der Waals surface area (Å²) in [6, 6.07) is 14.1. The quantitative estimate of drug-likeness (QED) is 0.722. The molecule has 0 radical (unpaired) electrons. The Bertz CT molecular complexity index is 778. The standard InChI is InChI=1S/C16H16BrN3O/c1-19(2)14-6-4-5-13-15(17)18-16(20(13)14)11-7-9-12(21-3)10-8-11/h4-10H,1-3H3. The number of imidazole rings is 1. The highest BCUT2D eigenvalue weighted by Gasteiger charge is 2.14. The van der Waals surface area contributed by atoms with Gasteiger partial charge in [0.15, 0.2) is 0 Å². The van der Waals surface area contributed by atoms with Crippen molar-refractivity contribution in [2.45, 2.75) is 0 Å². The van der Waals surface area contributed by atoms with Gasteiger partial charge in [-0.25, -0.2) is 4.98 Å². The molecule has 0 saturated heterocycles. The zero-order valence-electron chi connectivity index (χ0n) is 12.2. The molecule has 108 valence electrons. The number of hydrogen-bond acceptors (Lipinski definition) is 3. The van der Waals surface area contributed by atoms with Crippen molar-refractivity contribution in [3.8, 4) is 17.1 Å². The molecule has 4 nitrogen and oxygen atoms in total. The number of fused-ring (bicyclic) bond motifs is 1. The van der Waals surface area contributed by atoms with Crippen LogP contribution in [-0.2, 0) is 0 Å². The molecule has 5 heteroatoms. The highest BCUT2D eigenvalue weighted by atomic mass is 79.9. The van der Waals surface area contributed by atoms with Crippen LogP contribution in [0.15, 0.2) is 47.1 Å². The van der Waals surface area contributed by atoms with Crippen molar-refractivity contribution in [1.82, 2.24) is 9.38 Å². The van der Waals surface area contributed by atoms with Crippen LogP contribution in [0, 0.1) is 0 Å². The molecular weight excluding hydrogens is 330 g/mol. The fourth-order valence-electron chi connectivity index (χ4n) is 2.36. The van der Waals surface area contributed by atoms with Gasteiger partial charge >= 0.3 is 0 Å². The van der Waals surface area contributed by atoms with E-state index in [4.69, 9.17) is 4.74 Å². The molecule has 0 fully saturated rings. The maximum atomic E-state index is 5.21. The monoisotopic (exact) mass is 345 g/mol. The zero-order chi connectivity index (χ0) is 15.0. The Balaban J connectivity index is 2.26. The number of methoxy groups -OCH3 is 1. The Morgan fingerprint density at radius 2 is 1.81 bits per heavy atom. The Hall–Kier alpha value is -2.01. The zero-order valence-corrected chi connectivity index (χ0v) is 13.8. The third-order valence-corrected chi connectivity index (χ3v) is 3.99. The van der Waals surface area contributed by atoms with Crippen molar-refractivity contribution in [3.63, 3.8) is 0 Å². The van der Waals surface area contributed by atoms with E-state index >= 15 is 0 Å². The van der Waals surface area contributed by atoms with Gasteiger partial charge in [0, 0.05) is 19.7 Å². The summed E-state index contributed by atoms with van der Waals surface area (Å²) in [5, 5.41) is 0. The second-order valence-electron chi connectivity index (χ2n) is 4.95. The molecule has 0 aliphatic carbocycles. The first-order valence-electron chi connectivity index (χ1n) is 6.60. The lowest BCUT2D eigenvalue weighted by molar-refractivity contribution is 0.415. The largest absolute Gasteiger partial charge is 0.497 e. The van der Waals surface area contributed by atoms with Crippen molar-refractivity contribution in [2.75, 3.05) is 26.1 Å². The van der Waals surface area contributed by atoms with Gasteiger partial charge < -0.3 is 9.64 Å². The van der Waals surface area contributed by atoms with Crippen LogP contribution in [0.25, 0.3) is 16.9 Å². The van der Waals surface area contributed by atoms with Gasteiger partial charge in [-0.2, -0.15) is 0 Å². The van der Waals surface area contributed by atoms with Crippen LogP contribution in [0.2, 0.25) is 0 Å². The number of aromatic nitrogens is 2. The summed E-state index contributed by atoms with van der Waals surface area (Å²) in [7, 11) is 5.72. The Morgan fingerprint density at radius 1 is 1.10 bits per heavy atom. The van der Waals surface area contributed by atoms with Crippen LogP contribution in [0.3, 0.4) is 0 Å². The third kappa shape index (κ3) is 2.38. The van der Waals surface area contributed by atoms with Crippen molar-refractivity contribution in [3.05, 3.63) is 47.1 Å². The highest BCUT2D eigenvalue weighted by molar-refractivity contribution is 9.10. The molecule has 0 aliphatic rings. The van der Waals surface area contributed by atoms with Gasteiger partial charge in [-0.15, -0.1) is 0 Å². The van der Waals surface area contributed by atoms with Crippen LogP contribution < -0.4 is 9.64 Å². The lowest BCUT2D eigenvalue weighted by atomic mass is 10.2. The first-order chi connectivity index (χ1) is 10.1. The molecule has 3 aromatic rings. The minimum Gasteiger partial charge on any atom is -0.497 e.